The Balaban J connectivity index is 1.38. The van der Waals surface area contributed by atoms with E-state index in [4.69, 9.17) is 22.2 Å². The summed E-state index contributed by atoms with van der Waals surface area (Å²) in [6.07, 6.45) is -7.30. The van der Waals surface area contributed by atoms with E-state index in [1.807, 2.05) is 0 Å². The highest BCUT2D eigenvalue weighted by Crippen LogP contribution is 2.48. The van der Waals surface area contributed by atoms with Crippen molar-refractivity contribution in [2.75, 3.05) is 11.5 Å². The van der Waals surface area contributed by atoms with Crippen molar-refractivity contribution < 1.29 is 35.9 Å². The Bertz CT molecular complexity index is 1790. The Kier molecular flexibility index (Phi) is 6.83. The first-order valence-corrected chi connectivity index (χ1v) is 13.7. The number of hydrogen-bond donors (Lipinski definition) is 4. The third kappa shape index (κ3) is 4.65. The number of rotatable bonds is 5. The number of amides is 1. The zero-order valence-electron chi connectivity index (χ0n) is 23.4. The Labute approximate surface area is 250 Å². The smallest absolute Gasteiger partial charge is 0.383 e. The molecule has 18 heteroatoms. The van der Waals surface area contributed by atoms with Gasteiger partial charge in [0, 0.05) is 41.4 Å². The molecule has 2 atom stereocenters. The fraction of sp³-hybridized carbons (Fsp3) is 0.407. The van der Waals surface area contributed by atoms with E-state index >= 15 is 0 Å². The zero-order valence-corrected chi connectivity index (χ0v) is 23.4. The molecule has 6 heterocycles. The monoisotopic (exact) mass is 636 g/mol. The Hall–Kier alpha value is -4.74. The first-order chi connectivity index (χ1) is 21.0. The van der Waals surface area contributed by atoms with Crippen LogP contribution in [0.5, 0.6) is 0 Å². The number of halogens is 6. The van der Waals surface area contributed by atoms with Crippen LogP contribution in [0.4, 0.5) is 38.0 Å². The van der Waals surface area contributed by atoms with Crippen LogP contribution in [0.3, 0.4) is 0 Å². The van der Waals surface area contributed by atoms with E-state index < -0.39 is 23.6 Å². The highest BCUT2D eigenvalue weighted by Gasteiger charge is 2.70. The molecule has 4 aromatic heterocycles. The maximum atomic E-state index is 13.5. The summed E-state index contributed by atoms with van der Waals surface area (Å²) >= 11 is 0. The van der Waals surface area contributed by atoms with E-state index in [1.54, 1.807) is 4.90 Å². The number of pyridine rings is 1. The van der Waals surface area contributed by atoms with E-state index in [-0.39, 0.29) is 69.4 Å². The fourth-order valence-corrected chi connectivity index (χ4v) is 6.45. The highest BCUT2D eigenvalue weighted by atomic mass is 19.4. The molecule has 2 unspecified atom stereocenters. The van der Waals surface area contributed by atoms with Crippen molar-refractivity contribution in [2.24, 2.45) is 5.73 Å². The molecule has 6 rings (SSSR count). The van der Waals surface area contributed by atoms with Crippen LogP contribution >= 0.6 is 0 Å². The molecule has 0 aliphatic carbocycles. The van der Waals surface area contributed by atoms with Crippen molar-refractivity contribution in [3.05, 3.63) is 53.2 Å². The molecule has 7 N–H and O–H groups in total. The van der Waals surface area contributed by atoms with Crippen LogP contribution in [-0.2, 0) is 5.54 Å². The first-order valence-electron chi connectivity index (χ1n) is 13.7. The molecule has 12 nitrogen and oxygen atoms in total. The second-order valence-corrected chi connectivity index (χ2v) is 11.3. The van der Waals surface area contributed by atoms with Gasteiger partial charge < -0.3 is 22.1 Å². The number of Topliss-reactive ketones (excluding diaryl/α,β-unsaturated/α-hetero) is 1. The molecule has 0 radical (unpaired) electrons. The predicted octanol–water partition coefficient (Wildman–Crippen LogP) is 3.71. The van der Waals surface area contributed by atoms with Gasteiger partial charge >= 0.3 is 12.4 Å². The van der Waals surface area contributed by atoms with Crippen LogP contribution in [0.25, 0.3) is 16.8 Å². The van der Waals surface area contributed by atoms with Crippen molar-refractivity contribution in [2.45, 2.75) is 68.5 Å². The van der Waals surface area contributed by atoms with E-state index in [1.165, 1.54) is 23.7 Å². The van der Waals surface area contributed by atoms with Crippen molar-refractivity contribution in [3.8, 4) is 11.1 Å². The van der Waals surface area contributed by atoms with Gasteiger partial charge in [-0.25, -0.2) is 4.98 Å². The van der Waals surface area contributed by atoms with Gasteiger partial charge in [0.25, 0.3) is 11.4 Å². The summed E-state index contributed by atoms with van der Waals surface area (Å²) in [5.74, 6) is -0.774. The van der Waals surface area contributed by atoms with E-state index in [0.717, 1.165) is 25.1 Å². The molecule has 0 saturated carbocycles. The summed E-state index contributed by atoms with van der Waals surface area (Å²) in [5, 5.41) is 10.6. The van der Waals surface area contributed by atoms with E-state index in [0.29, 0.717) is 24.6 Å². The van der Waals surface area contributed by atoms with Crippen molar-refractivity contribution in [1.29, 1.82) is 0 Å². The molecule has 45 heavy (non-hydrogen) atoms. The first kappa shape index (κ1) is 30.3. The molecule has 2 bridgehead atoms. The number of nitrogens with zero attached hydrogens (tertiary/aromatic N) is 6. The minimum atomic E-state index is -5.87. The number of piperidine rings is 1. The van der Waals surface area contributed by atoms with Crippen molar-refractivity contribution >= 4 is 29.0 Å². The third-order valence-electron chi connectivity index (χ3n) is 8.62. The second-order valence-electron chi connectivity index (χ2n) is 11.3. The van der Waals surface area contributed by atoms with Gasteiger partial charge in [-0.15, -0.1) is 0 Å². The minimum absolute atomic E-state index is 0.0350. The van der Waals surface area contributed by atoms with Gasteiger partial charge in [0.05, 0.1) is 23.1 Å². The summed E-state index contributed by atoms with van der Waals surface area (Å²) in [6, 6.07) is 2.65. The SMILES string of the molecule is CC(=O)c1c(C2CC3CCC(C2)N3C(=O)c2cc(N)n[nH]2)nc2c(-c3ccc(C(N)(C(F)(F)F)C(F)(F)F)nc3)cnn2c1N. The molecular formula is C27H26F6N10O2. The number of aromatic nitrogens is 6. The predicted molar refractivity (Wildman–Crippen MR) is 147 cm³/mol. The maximum absolute atomic E-state index is 13.5. The Morgan fingerprint density at radius 1 is 1.00 bits per heavy atom. The van der Waals surface area contributed by atoms with Crippen LogP contribution in [0.15, 0.2) is 30.6 Å². The molecule has 0 spiro atoms. The number of carbonyl (C=O) groups excluding carboxylic acids is 2. The van der Waals surface area contributed by atoms with Gasteiger partial charge in [-0.2, -0.15) is 41.1 Å². The number of nitrogens with one attached hydrogen (secondary N) is 1. The molecule has 2 saturated heterocycles. The largest absolute Gasteiger partial charge is 0.421 e. The lowest BCUT2D eigenvalue weighted by atomic mass is 9.85. The van der Waals surface area contributed by atoms with Crippen LogP contribution < -0.4 is 17.2 Å². The van der Waals surface area contributed by atoms with Gasteiger partial charge in [0.1, 0.15) is 17.3 Å². The van der Waals surface area contributed by atoms with E-state index in [2.05, 4.69) is 20.3 Å². The zero-order chi connectivity index (χ0) is 32.6. The lowest BCUT2D eigenvalue weighted by Crippen LogP contribution is -2.61. The van der Waals surface area contributed by atoms with Gasteiger partial charge in [-0.1, -0.05) is 6.07 Å². The van der Waals surface area contributed by atoms with Crippen molar-refractivity contribution in [3.63, 3.8) is 0 Å². The Morgan fingerprint density at radius 3 is 2.16 bits per heavy atom. The lowest BCUT2D eigenvalue weighted by Gasteiger charge is -2.39. The molecule has 2 fully saturated rings. The maximum Gasteiger partial charge on any atom is 0.421 e. The van der Waals surface area contributed by atoms with Crippen LogP contribution in [0.1, 0.15) is 70.8 Å². The van der Waals surface area contributed by atoms with Crippen LogP contribution in [0.2, 0.25) is 0 Å². The number of ketones is 1. The molecule has 0 aromatic carbocycles. The summed E-state index contributed by atoms with van der Waals surface area (Å²) in [7, 11) is 0. The molecule has 4 aromatic rings. The van der Waals surface area contributed by atoms with Crippen LogP contribution in [0, 0.1) is 0 Å². The summed E-state index contributed by atoms with van der Waals surface area (Å²) in [4.78, 5) is 36.0. The number of hydrogen-bond acceptors (Lipinski definition) is 9. The van der Waals surface area contributed by atoms with Gasteiger partial charge in [0.15, 0.2) is 11.4 Å². The molecule has 238 valence electrons. The number of alkyl halides is 6. The Morgan fingerprint density at radius 2 is 1.64 bits per heavy atom. The number of nitrogen functional groups attached to an aromatic ring is 2. The van der Waals surface area contributed by atoms with E-state index in [9.17, 15) is 35.9 Å². The standard InChI is InChI=1S/C27H26F6N10O2/c1-11(44)20-21(13-6-14-3-4-15(7-13)42(14)24(45)17-8-19(34)41-40-17)39-23-16(10-38-43(23)22(20)35)12-2-5-18(37-9-12)25(36,26(28,29)30)27(31,32)33/h2,5,8-10,13-15H,3-4,6-7,35-36H2,1H3,(H3,34,40,41). The number of carbonyl (C=O) groups is 2. The quantitative estimate of drug-likeness (QED) is 0.187. The minimum Gasteiger partial charge on any atom is -0.383 e. The highest BCUT2D eigenvalue weighted by molar-refractivity contribution is 6.00. The molecule has 1 amide bonds. The van der Waals surface area contributed by atoms with Crippen LogP contribution in [-0.4, -0.2) is 70.8 Å². The second kappa shape index (κ2) is 10.1. The van der Waals surface area contributed by atoms with Gasteiger partial charge in [-0.05, 0) is 38.7 Å². The van der Waals surface area contributed by atoms with Gasteiger partial charge in [-0.3, -0.25) is 19.7 Å². The fourth-order valence-electron chi connectivity index (χ4n) is 6.45. The number of nitrogens with two attached hydrogens (primary N) is 3. The topological polar surface area (TPSA) is 187 Å². The third-order valence-corrected chi connectivity index (χ3v) is 8.62. The normalized spacial score (nSPS) is 20.6. The number of H-pyrrole nitrogens is 1. The molecular weight excluding hydrogens is 610 g/mol. The summed E-state index contributed by atoms with van der Waals surface area (Å²) in [5.41, 5.74) is 12.0. The van der Waals surface area contributed by atoms with Gasteiger partial charge in [0.2, 0.25) is 0 Å². The molecule has 2 aliphatic rings. The lowest BCUT2D eigenvalue weighted by molar-refractivity contribution is -0.303. The molecule has 2 aliphatic heterocycles. The summed E-state index contributed by atoms with van der Waals surface area (Å²) < 4.78 is 82.0. The average Bonchev–Trinajstić information content (AvgIpc) is 3.66. The average molecular weight is 637 g/mol. The van der Waals surface area contributed by atoms with Crippen molar-refractivity contribution in [1.82, 2.24) is 34.7 Å². The number of fused-ring (bicyclic) bond motifs is 3. The summed E-state index contributed by atoms with van der Waals surface area (Å²) in [6.45, 7) is 1.33. The number of anilines is 2. The number of aromatic amines is 1.